The lowest BCUT2D eigenvalue weighted by Crippen LogP contribution is -1.96. The minimum atomic E-state index is 0.0775. The summed E-state index contributed by atoms with van der Waals surface area (Å²) in [4.78, 5) is 16.2. The van der Waals surface area contributed by atoms with Crippen molar-refractivity contribution in [2.75, 3.05) is 6.61 Å². The van der Waals surface area contributed by atoms with Gasteiger partial charge in [0.25, 0.3) is 0 Å². The summed E-state index contributed by atoms with van der Waals surface area (Å²) in [7, 11) is 0. The molecule has 0 atom stereocenters. The summed E-state index contributed by atoms with van der Waals surface area (Å²) in [5.74, 6) is 0.128. The lowest BCUT2D eigenvalue weighted by molar-refractivity contribution is 0.0975. The van der Waals surface area contributed by atoms with E-state index < -0.39 is 0 Å². The molecule has 90 valence electrons. The molecule has 2 rings (SSSR count). The van der Waals surface area contributed by atoms with E-state index in [-0.39, 0.29) is 12.4 Å². The van der Waals surface area contributed by atoms with Gasteiger partial charge in [-0.3, -0.25) is 4.79 Å². The number of carbonyl (C=O) groups excluding carboxylic acids is 1. The predicted octanol–water partition coefficient (Wildman–Crippen LogP) is 3.74. The Morgan fingerprint density at radius 1 is 1.18 bits per heavy atom. The Bertz CT molecular complexity index is 511. The number of Topliss-reactive ketones (excluding diaryl/α,β-unsaturated/α-hetero) is 1. The number of aliphatic hydroxyl groups is 1. The van der Waals surface area contributed by atoms with Gasteiger partial charge >= 0.3 is 0 Å². The van der Waals surface area contributed by atoms with Crippen LogP contribution in [0.1, 0.15) is 27.4 Å². The molecule has 0 saturated heterocycles. The minimum absolute atomic E-state index is 0.0775. The second-order valence-electron chi connectivity index (χ2n) is 3.82. The molecule has 0 aliphatic carbocycles. The molecule has 0 unspecified atom stereocenters. The van der Waals surface area contributed by atoms with Gasteiger partial charge in [0.2, 0.25) is 0 Å². The maximum Gasteiger partial charge on any atom is 0.172 e. The highest BCUT2D eigenvalue weighted by Crippen LogP contribution is 2.33. The number of ketones is 1. The van der Waals surface area contributed by atoms with Gasteiger partial charge in [-0.15, -0.1) is 22.7 Å². The van der Waals surface area contributed by atoms with E-state index in [4.69, 9.17) is 5.11 Å². The van der Waals surface area contributed by atoms with E-state index in [1.807, 2.05) is 12.1 Å². The van der Waals surface area contributed by atoms with Gasteiger partial charge in [0.15, 0.2) is 5.78 Å². The first-order valence-corrected chi connectivity index (χ1v) is 7.14. The SMILES string of the molecule is Cc1ccc(-c2ccc(C(=O)CCCO)s2)s1. The molecule has 0 aliphatic rings. The number of carbonyl (C=O) groups is 1. The molecule has 4 heteroatoms. The average molecular weight is 266 g/mol. The topological polar surface area (TPSA) is 37.3 Å². The summed E-state index contributed by atoms with van der Waals surface area (Å²) in [6.45, 7) is 2.16. The summed E-state index contributed by atoms with van der Waals surface area (Å²) in [5, 5.41) is 8.70. The van der Waals surface area contributed by atoms with Gasteiger partial charge in [0.1, 0.15) is 0 Å². The second-order valence-corrected chi connectivity index (χ2v) is 6.20. The summed E-state index contributed by atoms with van der Waals surface area (Å²) in [6.07, 6.45) is 0.976. The molecule has 2 heterocycles. The Morgan fingerprint density at radius 2 is 1.88 bits per heavy atom. The first-order chi connectivity index (χ1) is 8.20. The first-order valence-electron chi connectivity index (χ1n) is 5.51. The third kappa shape index (κ3) is 3.03. The van der Waals surface area contributed by atoms with Crippen molar-refractivity contribution in [2.45, 2.75) is 19.8 Å². The van der Waals surface area contributed by atoms with Crippen molar-refractivity contribution in [1.82, 2.24) is 0 Å². The van der Waals surface area contributed by atoms with Gasteiger partial charge in [0.05, 0.1) is 4.88 Å². The van der Waals surface area contributed by atoms with Crippen LogP contribution in [0.5, 0.6) is 0 Å². The summed E-state index contributed by atoms with van der Waals surface area (Å²) in [5.41, 5.74) is 0. The Hall–Kier alpha value is -0.970. The highest BCUT2D eigenvalue weighted by atomic mass is 32.1. The van der Waals surface area contributed by atoms with Crippen LogP contribution in [-0.4, -0.2) is 17.5 Å². The molecular weight excluding hydrogens is 252 g/mol. The number of hydrogen-bond donors (Lipinski definition) is 1. The van der Waals surface area contributed by atoms with Crippen molar-refractivity contribution >= 4 is 28.5 Å². The fraction of sp³-hybridized carbons (Fsp3) is 0.308. The first kappa shape index (κ1) is 12.5. The van der Waals surface area contributed by atoms with Crippen molar-refractivity contribution in [3.8, 4) is 9.75 Å². The van der Waals surface area contributed by atoms with Crippen LogP contribution >= 0.6 is 22.7 Å². The fourth-order valence-corrected chi connectivity index (χ4v) is 3.48. The molecule has 0 spiro atoms. The van der Waals surface area contributed by atoms with Crippen molar-refractivity contribution in [3.63, 3.8) is 0 Å². The normalized spacial score (nSPS) is 10.7. The van der Waals surface area contributed by atoms with E-state index in [9.17, 15) is 4.79 Å². The molecule has 0 aliphatic heterocycles. The Labute approximate surface area is 109 Å². The molecule has 0 radical (unpaired) electrons. The van der Waals surface area contributed by atoms with Gasteiger partial charge in [-0.05, 0) is 37.6 Å². The molecule has 0 amide bonds. The molecule has 1 N–H and O–H groups in total. The number of hydrogen-bond acceptors (Lipinski definition) is 4. The van der Waals surface area contributed by atoms with Gasteiger partial charge < -0.3 is 5.11 Å². The van der Waals surface area contributed by atoms with Crippen molar-refractivity contribution in [3.05, 3.63) is 34.0 Å². The lowest BCUT2D eigenvalue weighted by Gasteiger charge is -1.94. The zero-order valence-electron chi connectivity index (χ0n) is 9.60. The molecule has 0 bridgehead atoms. The van der Waals surface area contributed by atoms with Crippen LogP contribution in [0.4, 0.5) is 0 Å². The van der Waals surface area contributed by atoms with E-state index in [0.717, 1.165) is 9.75 Å². The van der Waals surface area contributed by atoms with Crippen molar-refractivity contribution in [2.24, 2.45) is 0 Å². The number of thiophene rings is 2. The van der Waals surface area contributed by atoms with Gasteiger partial charge in [-0.1, -0.05) is 0 Å². The third-order valence-electron chi connectivity index (χ3n) is 2.43. The monoisotopic (exact) mass is 266 g/mol. The zero-order chi connectivity index (χ0) is 12.3. The average Bonchev–Trinajstić information content (AvgIpc) is 2.93. The summed E-state index contributed by atoms with van der Waals surface area (Å²) in [6, 6.07) is 8.07. The van der Waals surface area contributed by atoms with Crippen LogP contribution in [-0.2, 0) is 0 Å². The Kier molecular flexibility index (Phi) is 4.10. The Balaban J connectivity index is 2.13. The maximum atomic E-state index is 11.8. The number of aryl methyl sites for hydroxylation is 1. The zero-order valence-corrected chi connectivity index (χ0v) is 11.2. The predicted molar refractivity (Wildman–Crippen MR) is 73.0 cm³/mol. The molecule has 2 aromatic heterocycles. The highest BCUT2D eigenvalue weighted by Gasteiger charge is 2.10. The molecule has 0 fully saturated rings. The van der Waals surface area contributed by atoms with E-state index in [2.05, 4.69) is 19.1 Å². The molecule has 2 nitrogen and oxygen atoms in total. The minimum Gasteiger partial charge on any atom is -0.396 e. The highest BCUT2D eigenvalue weighted by molar-refractivity contribution is 7.23. The largest absolute Gasteiger partial charge is 0.396 e. The van der Waals surface area contributed by atoms with E-state index in [1.54, 1.807) is 11.3 Å². The van der Waals surface area contributed by atoms with Crippen LogP contribution < -0.4 is 0 Å². The summed E-state index contributed by atoms with van der Waals surface area (Å²) >= 11 is 3.28. The smallest absolute Gasteiger partial charge is 0.172 e. The quantitative estimate of drug-likeness (QED) is 0.837. The van der Waals surface area contributed by atoms with E-state index in [1.165, 1.54) is 21.1 Å². The summed E-state index contributed by atoms with van der Waals surface area (Å²) < 4.78 is 0. The van der Waals surface area contributed by atoms with Gasteiger partial charge in [-0.2, -0.15) is 0 Å². The number of aliphatic hydroxyl groups excluding tert-OH is 1. The molecule has 0 aromatic carbocycles. The van der Waals surface area contributed by atoms with Crippen LogP contribution in [0.3, 0.4) is 0 Å². The fourth-order valence-electron chi connectivity index (χ4n) is 1.55. The molecule has 0 saturated carbocycles. The van der Waals surface area contributed by atoms with Crippen LogP contribution in [0, 0.1) is 6.92 Å². The van der Waals surface area contributed by atoms with Crippen LogP contribution in [0.2, 0.25) is 0 Å². The maximum absolute atomic E-state index is 11.8. The van der Waals surface area contributed by atoms with Crippen LogP contribution in [0.15, 0.2) is 24.3 Å². The molecule has 2 aromatic rings. The molecule has 17 heavy (non-hydrogen) atoms. The van der Waals surface area contributed by atoms with Gasteiger partial charge in [0, 0.05) is 27.7 Å². The van der Waals surface area contributed by atoms with Crippen LogP contribution in [0.25, 0.3) is 9.75 Å². The Morgan fingerprint density at radius 3 is 2.53 bits per heavy atom. The lowest BCUT2D eigenvalue weighted by atomic mass is 10.2. The molecular formula is C13H14O2S2. The van der Waals surface area contributed by atoms with Crippen molar-refractivity contribution in [1.29, 1.82) is 0 Å². The third-order valence-corrected chi connectivity index (χ3v) is 4.75. The van der Waals surface area contributed by atoms with Crippen molar-refractivity contribution < 1.29 is 9.90 Å². The van der Waals surface area contributed by atoms with Gasteiger partial charge in [-0.25, -0.2) is 0 Å². The number of rotatable bonds is 5. The second kappa shape index (κ2) is 5.58. The standard InChI is InChI=1S/C13H14O2S2/c1-9-4-5-12(16-9)13-7-6-11(17-13)10(15)3-2-8-14/h4-7,14H,2-3,8H2,1H3. The van der Waals surface area contributed by atoms with E-state index in [0.29, 0.717) is 12.8 Å². The van der Waals surface area contributed by atoms with E-state index >= 15 is 0 Å².